The van der Waals surface area contributed by atoms with Crippen molar-refractivity contribution in [3.63, 3.8) is 0 Å². The smallest absolute Gasteiger partial charge is 0.338 e. The first-order valence-corrected chi connectivity index (χ1v) is 8.30. The van der Waals surface area contributed by atoms with E-state index in [1.54, 1.807) is 33.0 Å². The summed E-state index contributed by atoms with van der Waals surface area (Å²) < 4.78 is 11.1. The SMILES string of the molecule is COCCOC(=O)C1=C(C)N(C)C(=O)N(C)[C@@H]1c1ccc(Br)cc1. The molecule has 7 heteroatoms. The third-order valence-electron chi connectivity index (χ3n) is 4.07. The monoisotopic (exact) mass is 396 g/mol. The van der Waals surface area contributed by atoms with Gasteiger partial charge in [0.1, 0.15) is 6.61 Å². The highest BCUT2D eigenvalue weighted by Gasteiger charge is 2.39. The standard InChI is InChI=1S/C17H21BrN2O4/c1-11-14(16(21)24-10-9-23-4)15(20(3)17(22)19(11)2)12-5-7-13(18)8-6-12/h5-8,15H,9-10H2,1-4H3/t15-/m1/s1. The van der Waals surface area contributed by atoms with Crippen LogP contribution in [0.5, 0.6) is 0 Å². The van der Waals surface area contributed by atoms with E-state index in [1.807, 2.05) is 24.3 Å². The first-order valence-electron chi connectivity index (χ1n) is 7.51. The normalized spacial score (nSPS) is 18.2. The average molecular weight is 397 g/mol. The second kappa shape index (κ2) is 7.81. The summed E-state index contributed by atoms with van der Waals surface area (Å²) in [6.07, 6.45) is 0. The summed E-state index contributed by atoms with van der Waals surface area (Å²) in [6.45, 7) is 2.25. The molecule has 0 aromatic heterocycles. The second-order valence-electron chi connectivity index (χ2n) is 5.53. The molecule has 2 amide bonds. The van der Waals surface area contributed by atoms with Crippen LogP contribution in [0.2, 0.25) is 0 Å². The lowest BCUT2D eigenvalue weighted by molar-refractivity contribution is -0.141. The van der Waals surface area contributed by atoms with Crippen LogP contribution in [-0.4, -0.2) is 56.2 Å². The number of hydrogen-bond donors (Lipinski definition) is 0. The Morgan fingerprint density at radius 1 is 1.21 bits per heavy atom. The number of halogens is 1. The molecule has 0 fully saturated rings. The van der Waals surface area contributed by atoms with Gasteiger partial charge in [-0.15, -0.1) is 0 Å². The lowest BCUT2D eigenvalue weighted by Crippen LogP contribution is -2.47. The number of rotatable bonds is 5. The number of hydrogen-bond acceptors (Lipinski definition) is 4. The van der Waals surface area contributed by atoms with Gasteiger partial charge in [0.05, 0.1) is 18.2 Å². The highest BCUT2D eigenvalue weighted by Crippen LogP contribution is 2.36. The van der Waals surface area contributed by atoms with Gasteiger partial charge in [0.2, 0.25) is 0 Å². The fourth-order valence-corrected chi connectivity index (χ4v) is 2.92. The third-order valence-corrected chi connectivity index (χ3v) is 4.60. The lowest BCUT2D eigenvalue weighted by atomic mass is 9.94. The van der Waals surface area contributed by atoms with Gasteiger partial charge in [-0.05, 0) is 24.6 Å². The fraction of sp³-hybridized carbons (Fsp3) is 0.412. The molecule has 0 radical (unpaired) electrons. The van der Waals surface area contributed by atoms with Crippen molar-refractivity contribution in [3.05, 3.63) is 45.6 Å². The van der Waals surface area contributed by atoms with Crippen LogP contribution in [0.25, 0.3) is 0 Å². The van der Waals surface area contributed by atoms with Gasteiger partial charge < -0.3 is 19.3 Å². The molecule has 1 atom stereocenters. The number of likely N-dealkylation sites (N-methyl/N-ethyl adjacent to an activating group) is 1. The summed E-state index contributed by atoms with van der Waals surface area (Å²) in [6, 6.07) is 6.88. The predicted molar refractivity (Wildman–Crippen MR) is 93.3 cm³/mol. The molecule has 1 aromatic carbocycles. The van der Waals surface area contributed by atoms with Crippen LogP contribution in [0.15, 0.2) is 40.0 Å². The molecule has 130 valence electrons. The first kappa shape index (κ1) is 18.5. The highest BCUT2D eigenvalue weighted by atomic mass is 79.9. The van der Waals surface area contributed by atoms with E-state index in [0.717, 1.165) is 10.0 Å². The maximum Gasteiger partial charge on any atom is 0.338 e. The Kier molecular flexibility index (Phi) is 6.01. The van der Waals surface area contributed by atoms with E-state index in [0.29, 0.717) is 17.9 Å². The molecular formula is C17H21BrN2O4. The van der Waals surface area contributed by atoms with Gasteiger partial charge in [-0.1, -0.05) is 28.1 Å². The number of urea groups is 1. The topological polar surface area (TPSA) is 59.1 Å². The molecular weight excluding hydrogens is 376 g/mol. The molecule has 1 heterocycles. The summed E-state index contributed by atoms with van der Waals surface area (Å²) >= 11 is 3.40. The maximum absolute atomic E-state index is 12.6. The van der Waals surface area contributed by atoms with Crippen LogP contribution >= 0.6 is 15.9 Å². The molecule has 24 heavy (non-hydrogen) atoms. The van der Waals surface area contributed by atoms with Crippen molar-refractivity contribution < 1.29 is 19.1 Å². The van der Waals surface area contributed by atoms with Crippen LogP contribution in [-0.2, 0) is 14.3 Å². The Bertz CT molecular complexity index is 657. The van der Waals surface area contributed by atoms with E-state index in [2.05, 4.69) is 15.9 Å². The van der Waals surface area contributed by atoms with E-state index in [4.69, 9.17) is 9.47 Å². The molecule has 2 rings (SSSR count). The number of benzene rings is 1. The van der Waals surface area contributed by atoms with Crippen molar-refractivity contribution >= 4 is 27.9 Å². The number of nitrogens with zero attached hydrogens (tertiary/aromatic N) is 2. The highest BCUT2D eigenvalue weighted by molar-refractivity contribution is 9.10. The minimum absolute atomic E-state index is 0.167. The molecule has 1 aliphatic heterocycles. The van der Waals surface area contributed by atoms with Crippen LogP contribution < -0.4 is 0 Å². The van der Waals surface area contributed by atoms with Crippen molar-refractivity contribution in [3.8, 4) is 0 Å². The Morgan fingerprint density at radius 2 is 1.83 bits per heavy atom. The minimum atomic E-state index is -0.489. The van der Waals surface area contributed by atoms with Gasteiger partial charge in [0, 0.05) is 31.4 Å². The Balaban J connectivity index is 2.44. The van der Waals surface area contributed by atoms with Crippen LogP contribution in [0.4, 0.5) is 4.79 Å². The Morgan fingerprint density at radius 3 is 2.42 bits per heavy atom. The van der Waals surface area contributed by atoms with Gasteiger partial charge in [-0.3, -0.25) is 0 Å². The number of carbonyl (C=O) groups excluding carboxylic acids is 2. The molecule has 0 spiro atoms. The van der Waals surface area contributed by atoms with Gasteiger partial charge >= 0.3 is 12.0 Å². The predicted octanol–water partition coefficient (Wildman–Crippen LogP) is 2.95. The summed E-state index contributed by atoms with van der Waals surface area (Å²) in [5.74, 6) is -0.441. The van der Waals surface area contributed by atoms with Crippen molar-refractivity contribution in [2.45, 2.75) is 13.0 Å². The zero-order valence-electron chi connectivity index (χ0n) is 14.2. The van der Waals surface area contributed by atoms with Gasteiger partial charge in [0.15, 0.2) is 0 Å². The molecule has 0 unspecified atom stereocenters. The summed E-state index contributed by atoms with van der Waals surface area (Å²) in [4.78, 5) is 28.1. The zero-order valence-corrected chi connectivity index (χ0v) is 15.8. The van der Waals surface area contributed by atoms with Crippen LogP contribution in [0, 0.1) is 0 Å². The van der Waals surface area contributed by atoms with Crippen molar-refractivity contribution in [2.24, 2.45) is 0 Å². The molecule has 0 aliphatic carbocycles. The van der Waals surface area contributed by atoms with Crippen LogP contribution in [0.1, 0.15) is 18.5 Å². The molecule has 1 aliphatic rings. The van der Waals surface area contributed by atoms with Crippen molar-refractivity contribution in [1.29, 1.82) is 0 Å². The van der Waals surface area contributed by atoms with E-state index >= 15 is 0 Å². The number of amides is 2. The van der Waals surface area contributed by atoms with Crippen LogP contribution in [0.3, 0.4) is 0 Å². The maximum atomic E-state index is 12.6. The molecule has 1 aromatic rings. The van der Waals surface area contributed by atoms with Crippen molar-refractivity contribution in [2.75, 3.05) is 34.4 Å². The second-order valence-corrected chi connectivity index (χ2v) is 6.45. The number of carbonyl (C=O) groups is 2. The van der Waals surface area contributed by atoms with Gasteiger partial charge in [0.25, 0.3) is 0 Å². The summed E-state index contributed by atoms with van der Waals surface area (Å²) in [5, 5.41) is 0. The van der Waals surface area contributed by atoms with E-state index in [9.17, 15) is 9.59 Å². The quantitative estimate of drug-likeness (QED) is 0.566. The number of allylic oxidation sites excluding steroid dienone is 1. The van der Waals surface area contributed by atoms with Gasteiger partial charge in [-0.2, -0.15) is 0 Å². The van der Waals surface area contributed by atoms with E-state index in [1.165, 1.54) is 4.90 Å². The molecule has 0 N–H and O–H groups in total. The Hall–Kier alpha value is -1.86. The molecule has 6 nitrogen and oxygen atoms in total. The molecule has 0 saturated heterocycles. The third kappa shape index (κ3) is 3.62. The largest absolute Gasteiger partial charge is 0.460 e. The number of methoxy groups -OCH3 is 1. The molecule has 0 saturated carbocycles. The van der Waals surface area contributed by atoms with E-state index in [-0.39, 0.29) is 12.6 Å². The minimum Gasteiger partial charge on any atom is -0.460 e. The Labute approximate surface area is 150 Å². The number of esters is 1. The molecule has 0 bridgehead atoms. The zero-order chi connectivity index (χ0) is 17.9. The lowest BCUT2D eigenvalue weighted by Gasteiger charge is -2.39. The van der Waals surface area contributed by atoms with E-state index < -0.39 is 12.0 Å². The number of ether oxygens (including phenoxy) is 2. The fourth-order valence-electron chi connectivity index (χ4n) is 2.65. The average Bonchev–Trinajstić information content (AvgIpc) is 2.57. The summed E-state index contributed by atoms with van der Waals surface area (Å²) in [5.41, 5.74) is 1.90. The van der Waals surface area contributed by atoms with Crippen molar-refractivity contribution in [1.82, 2.24) is 9.80 Å². The first-order chi connectivity index (χ1) is 11.4. The summed E-state index contributed by atoms with van der Waals surface area (Å²) in [7, 11) is 4.87. The van der Waals surface area contributed by atoms with Gasteiger partial charge in [-0.25, -0.2) is 9.59 Å².